The SMILES string of the molecule is CO.C[C@H]1CC2C3CCC(C=O)C3(C)CC(O)[C@]2(F)C2(C)C=CC(=O)C=C12. The van der Waals surface area contributed by atoms with Crippen molar-refractivity contribution < 1.29 is 24.2 Å². The zero-order valence-electron chi connectivity index (χ0n) is 16.6. The normalized spacial score (nSPS) is 50.6. The van der Waals surface area contributed by atoms with Crippen LogP contribution in [-0.4, -0.2) is 41.2 Å². The van der Waals surface area contributed by atoms with E-state index in [9.17, 15) is 14.7 Å². The fourth-order valence-corrected chi connectivity index (χ4v) is 6.86. The third kappa shape index (κ3) is 2.47. The number of aliphatic hydroxyl groups is 2. The minimum absolute atomic E-state index is 0.0950. The first-order chi connectivity index (χ1) is 12.7. The zero-order chi connectivity index (χ0) is 20.2. The maximum atomic E-state index is 16.7. The number of carbonyl (C=O) groups is 2. The molecule has 0 spiro atoms. The van der Waals surface area contributed by atoms with Gasteiger partial charge in [-0.3, -0.25) is 4.79 Å². The Labute approximate surface area is 160 Å². The Bertz CT molecular complexity index is 700. The topological polar surface area (TPSA) is 74.6 Å². The molecule has 0 radical (unpaired) electrons. The molecule has 0 aromatic rings. The number of hydrogen-bond acceptors (Lipinski definition) is 4. The molecule has 4 nitrogen and oxygen atoms in total. The maximum Gasteiger partial charge on any atom is 0.178 e. The first-order valence-electron chi connectivity index (χ1n) is 9.90. The lowest BCUT2D eigenvalue weighted by Gasteiger charge is -2.63. The molecule has 0 aromatic carbocycles. The smallest absolute Gasteiger partial charge is 0.178 e. The molecule has 0 heterocycles. The van der Waals surface area contributed by atoms with Crippen molar-refractivity contribution in [2.75, 3.05) is 7.11 Å². The van der Waals surface area contributed by atoms with Gasteiger partial charge in [0.05, 0.1) is 6.10 Å². The van der Waals surface area contributed by atoms with Crippen LogP contribution in [0, 0.1) is 34.5 Å². The van der Waals surface area contributed by atoms with E-state index in [1.807, 2.05) is 6.92 Å². The molecule has 4 rings (SSSR count). The molecule has 27 heavy (non-hydrogen) atoms. The van der Waals surface area contributed by atoms with Gasteiger partial charge in [-0.25, -0.2) is 4.39 Å². The van der Waals surface area contributed by atoms with Crippen LogP contribution < -0.4 is 0 Å². The van der Waals surface area contributed by atoms with Crippen LogP contribution >= 0.6 is 0 Å². The quantitative estimate of drug-likeness (QED) is 0.688. The summed E-state index contributed by atoms with van der Waals surface area (Å²) in [6, 6.07) is 0. The van der Waals surface area contributed by atoms with E-state index in [0.29, 0.717) is 12.8 Å². The molecule has 2 N–H and O–H groups in total. The van der Waals surface area contributed by atoms with Crippen LogP contribution in [0.5, 0.6) is 0 Å². The van der Waals surface area contributed by atoms with Gasteiger partial charge in [0.25, 0.3) is 0 Å². The first-order valence-corrected chi connectivity index (χ1v) is 9.90. The summed E-state index contributed by atoms with van der Waals surface area (Å²) in [5.74, 6) is -0.291. The summed E-state index contributed by atoms with van der Waals surface area (Å²) >= 11 is 0. The van der Waals surface area contributed by atoms with Crippen molar-refractivity contribution in [2.24, 2.45) is 34.5 Å². The van der Waals surface area contributed by atoms with E-state index in [1.165, 1.54) is 6.08 Å². The Morgan fingerprint density at radius 1 is 1.22 bits per heavy atom. The molecule has 0 aliphatic heterocycles. The summed E-state index contributed by atoms with van der Waals surface area (Å²) < 4.78 is 16.7. The van der Waals surface area contributed by atoms with Gasteiger partial charge in [0.2, 0.25) is 0 Å². The van der Waals surface area contributed by atoms with Gasteiger partial charge in [-0.2, -0.15) is 0 Å². The molecule has 5 heteroatoms. The van der Waals surface area contributed by atoms with Crippen LogP contribution in [0.15, 0.2) is 23.8 Å². The second kappa shape index (κ2) is 6.63. The Balaban J connectivity index is 0.00000102. The number of alkyl halides is 1. The minimum Gasteiger partial charge on any atom is -0.400 e. The first kappa shape index (κ1) is 20.4. The number of aldehydes is 1. The summed E-state index contributed by atoms with van der Waals surface area (Å²) in [4.78, 5) is 23.5. The fraction of sp³-hybridized carbons (Fsp3) is 0.727. The minimum atomic E-state index is -1.79. The van der Waals surface area contributed by atoms with E-state index in [-0.39, 0.29) is 34.9 Å². The monoisotopic (exact) mass is 378 g/mol. The molecule has 4 aliphatic rings. The Hall–Kier alpha value is -1.33. The molecule has 3 fully saturated rings. The highest BCUT2D eigenvalue weighted by Gasteiger charge is 2.71. The number of halogens is 1. The molecule has 3 saturated carbocycles. The molecule has 0 bridgehead atoms. The highest BCUT2D eigenvalue weighted by molar-refractivity contribution is 6.01. The highest BCUT2D eigenvalue weighted by atomic mass is 19.1. The van der Waals surface area contributed by atoms with Gasteiger partial charge in [-0.15, -0.1) is 0 Å². The van der Waals surface area contributed by atoms with Gasteiger partial charge in [0.1, 0.15) is 6.29 Å². The van der Waals surface area contributed by atoms with Crippen LogP contribution in [0.1, 0.15) is 46.5 Å². The van der Waals surface area contributed by atoms with Gasteiger partial charge >= 0.3 is 0 Å². The lowest BCUT2D eigenvalue weighted by Crippen LogP contribution is -2.67. The Morgan fingerprint density at radius 3 is 2.52 bits per heavy atom. The van der Waals surface area contributed by atoms with Crippen LogP contribution in [0.2, 0.25) is 0 Å². The molecular formula is C22H31FO4. The van der Waals surface area contributed by atoms with Gasteiger partial charge in [-0.05, 0) is 62.0 Å². The molecule has 8 atom stereocenters. The van der Waals surface area contributed by atoms with Crippen LogP contribution in [-0.2, 0) is 9.59 Å². The van der Waals surface area contributed by atoms with Gasteiger partial charge in [-0.1, -0.05) is 25.5 Å². The van der Waals surface area contributed by atoms with Crippen molar-refractivity contribution in [1.29, 1.82) is 0 Å². The molecule has 150 valence electrons. The second-order valence-electron chi connectivity index (χ2n) is 9.20. The second-order valence-corrected chi connectivity index (χ2v) is 9.20. The number of ketones is 1. The van der Waals surface area contributed by atoms with Crippen molar-refractivity contribution in [3.05, 3.63) is 23.8 Å². The van der Waals surface area contributed by atoms with E-state index in [2.05, 4.69) is 13.8 Å². The van der Waals surface area contributed by atoms with Gasteiger partial charge < -0.3 is 15.0 Å². The molecular weight excluding hydrogens is 347 g/mol. The molecule has 4 aliphatic carbocycles. The summed E-state index contributed by atoms with van der Waals surface area (Å²) in [5, 5.41) is 18.0. The summed E-state index contributed by atoms with van der Waals surface area (Å²) in [7, 11) is 1.00. The number of fused-ring (bicyclic) bond motifs is 5. The van der Waals surface area contributed by atoms with Crippen molar-refractivity contribution in [3.8, 4) is 0 Å². The molecule has 0 saturated heterocycles. The largest absolute Gasteiger partial charge is 0.400 e. The Morgan fingerprint density at radius 2 is 1.89 bits per heavy atom. The van der Waals surface area contributed by atoms with E-state index < -0.39 is 17.2 Å². The molecule has 0 amide bonds. The summed E-state index contributed by atoms with van der Waals surface area (Å²) in [5.41, 5.74) is -2.26. The van der Waals surface area contributed by atoms with E-state index in [0.717, 1.165) is 31.8 Å². The third-order valence-electron chi connectivity index (χ3n) is 8.20. The third-order valence-corrected chi connectivity index (χ3v) is 8.20. The molecule has 0 aromatic heterocycles. The van der Waals surface area contributed by atoms with Gasteiger partial charge in [0.15, 0.2) is 11.5 Å². The number of allylic oxidation sites excluding steroid dienone is 4. The van der Waals surface area contributed by atoms with E-state index in [1.54, 1.807) is 12.2 Å². The van der Waals surface area contributed by atoms with Gasteiger partial charge in [0, 0.05) is 24.4 Å². The predicted octanol–water partition coefficient (Wildman–Crippen LogP) is 3.03. The number of carbonyl (C=O) groups excluding carboxylic acids is 2. The number of aliphatic hydroxyl groups excluding tert-OH is 2. The van der Waals surface area contributed by atoms with Crippen LogP contribution in [0.4, 0.5) is 4.39 Å². The number of hydrogen-bond donors (Lipinski definition) is 2. The number of rotatable bonds is 1. The Kier molecular flexibility index (Phi) is 5.01. The maximum absolute atomic E-state index is 16.7. The van der Waals surface area contributed by atoms with Crippen molar-refractivity contribution in [2.45, 2.75) is 58.2 Å². The van der Waals surface area contributed by atoms with E-state index >= 15 is 4.39 Å². The average molecular weight is 378 g/mol. The van der Waals surface area contributed by atoms with Crippen molar-refractivity contribution in [1.82, 2.24) is 0 Å². The van der Waals surface area contributed by atoms with E-state index in [4.69, 9.17) is 5.11 Å². The zero-order valence-corrected chi connectivity index (χ0v) is 16.6. The lowest BCUT2D eigenvalue weighted by molar-refractivity contribution is -0.199. The lowest BCUT2D eigenvalue weighted by atomic mass is 9.44. The van der Waals surface area contributed by atoms with Crippen LogP contribution in [0.3, 0.4) is 0 Å². The predicted molar refractivity (Wildman–Crippen MR) is 101 cm³/mol. The van der Waals surface area contributed by atoms with Crippen molar-refractivity contribution >= 4 is 12.1 Å². The van der Waals surface area contributed by atoms with Crippen LogP contribution in [0.25, 0.3) is 0 Å². The van der Waals surface area contributed by atoms with Crippen molar-refractivity contribution in [3.63, 3.8) is 0 Å². The molecule has 6 unspecified atom stereocenters. The highest BCUT2D eigenvalue weighted by Crippen LogP contribution is 2.69. The standard InChI is InChI=1S/C21H27FO3.CH4O/c1-12-8-17-15-5-4-13(11-23)19(15,2)10-18(25)21(17,22)20(3)7-6-14(24)9-16(12)20;1-2/h6-7,9,11-13,15,17-18,25H,4-5,8,10H2,1-3H3;2H,1H3/t12-,13?,15?,17?,18?,19?,20?,21-;/m0./s1. The summed E-state index contributed by atoms with van der Waals surface area (Å²) in [6.45, 7) is 5.95. The average Bonchev–Trinajstić information content (AvgIpc) is 2.97. The summed E-state index contributed by atoms with van der Waals surface area (Å²) in [6.07, 6.45) is 7.16. The fourth-order valence-electron chi connectivity index (χ4n) is 6.86.